The first-order valence-corrected chi connectivity index (χ1v) is 9.30. The van der Waals surface area contributed by atoms with E-state index in [9.17, 15) is 4.79 Å². The Kier molecular flexibility index (Phi) is 7.19. The van der Waals surface area contributed by atoms with Crippen molar-refractivity contribution in [3.63, 3.8) is 0 Å². The molecule has 1 atom stereocenters. The van der Waals surface area contributed by atoms with Crippen molar-refractivity contribution < 1.29 is 9.53 Å². The van der Waals surface area contributed by atoms with Crippen LogP contribution in [0.5, 0.6) is 5.75 Å². The Morgan fingerprint density at radius 3 is 2.40 bits per heavy atom. The second kappa shape index (κ2) is 9.37. The maximum absolute atomic E-state index is 12.1. The summed E-state index contributed by atoms with van der Waals surface area (Å²) < 4.78 is 5.29. The van der Waals surface area contributed by atoms with Crippen molar-refractivity contribution in [1.82, 2.24) is 10.6 Å². The highest BCUT2D eigenvalue weighted by atomic mass is 32.2. The van der Waals surface area contributed by atoms with Gasteiger partial charge in [-0.2, -0.15) is 0 Å². The van der Waals surface area contributed by atoms with Gasteiger partial charge >= 0.3 is 6.03 Å². The molecule has 2 aromatic carbocycles. The van der Waals surface area contributed by atoms with E-state index in [1.165, 1.54) is 4.90 Å². The van der Waals surface area contributed by atoms with Crippen molar-refractivity contribution in [2.75, 3.05) is 7.11 Å². The molecule has 134 valence electrons. The standard InChI is InChI=1S/C20H26N2O2S/c1-14(2)25-18-11-9-16(10-12-18)15(3)22-20(23)21-13-17-7-5-6-8-19(17)24-4/h5-12,14-15H,13H2,1-4H3,(H2,21,22,23). The average molecular weight is 359 g/mol. The lowest BCUT2D eigenvalue weighted by atomic mass is 10.1. The minimum Gasteiger partial charge on any atom is -0.496 e. The highest BCUT2D eigenvalue weighted by Crippen LogP contribution is 2.24. The van der Waals surface area contributed by atoms with E-state index in [0.717, 1.165) is 16.9 Å². The molecule has 2 N–H and O–H groups in total. The number of ether oxygens (including phenoxy) is 1. The second-order valence-electron chi connectivity index (χ2n) is 6.10. The molecule has 2 rings (SSSR count). The van der Waals surface area contributed by atoms with Crippen molar-refractivity contribution >= 4 is 17.8 Å². The number of hydrogen-bond acceptors (Lipinski definition) is 3. The Bertz CT molecular complexity index is 686. The van der Waals surface area contributed by atoms with Gasteiger partial charge < -0.3 is 15.4 Å². The quantitative estimate of drug-likeness (QED) is 0.702. The first-order valence-electron chi connectivity index (χ1n) is 8.42. The normalized spacial score (nSPS) is 11.9. The summed E-state index contributed by atoms with van der Waals surface area (Å²) in [4.78, 5) is 13.4. The Hall–Kier alpha value is -2.14. The maximum Gasteiger partial charge on any atom is 0.315 e. The van der Waals surface area contributed by atoms with Gasteiger partial charge in [0.15, 0.2) is 0 Å². The fourth-order valence-electron chi connectivity index (χ4n) is 2.46. The van der Waals surface area contributed by atoms with E-state index < -0.39 is 0 Å². The summed E-state index contributed by atoms with van der Waals surface area (Å²) in [7, 11) is 1.63. The van der Waals surface area contributed by atoms with Gasteiger partial charge in [-0.1, -0.05) is 44.2 Å². The fraction of sp³-hybridized carbons (Fsp3) is 0.350. The molecule has 2 amide bonds. The number of carbonyl (C=O) groups is 1. The molecule has 0 radical (unpaired) electrons. The van der Waals surface area contributed by atoms with Gasteiger partial charge in [-0.15, -0.1) is 11.8 Å². The van der Waals surface area contributed by atoms with Crippen molar-refractivity contribution in [2.45, 2.75) is 43.5 Å². The van der Waals surface area contributed by atoms with E-state index in [1.54, 1.807) is 7.11 Å². The predicted octanol–water partition coefficient (Wildman–Crippen LogP) is 4.76. The van der Waals surface area contributed by atoms with Crippen molar-refractivity contribution in [2.24, 2.45) is 0 Å². The zero-order chi connectivity index (χ0) is 18.2. The molecule has 0 spiro atoms. The monoisotopic (exact) mass is 358 g/mol. The number of benzene rings is 2. The third-order valence-electron chi connectivity index (χ3n) is 3.73. The van der Waals surface area contributed by atoms with Gasteiger partial charge in [0.05, 0.1) is 13.2 Å². The zero-order valence-electron chi connectivity index (χ0n) is 15.2. The van der Waals surface area contributed by atoms with Crippen LogP contribution < -0.4 is 15.4 Å². The molecule has 2 aromatic rings. The molecular weight excluding hydrogens is 332 g/mol. The van der Waals surface area contributed by atoms with Crippen molar-refractivity contribution in [3.05, 3.63) is 59.7 Å². The number of thioether (sulfide) groups is 1. The molecule has 0 fully saturated rings. The lowest BCUT2D eigenvalue weighted by molar-refractivity contribution is 0.237. The predicted molar refractivity (Wildman–Crippen MR) is 104 cm³/mol. The topological polar surface area (TPSA) is 50.4 Å². The number of para-hydroxylation sites is 1. The summed E-state index contributed by atoms with van der Waals surface area (Å²) >= 11 is 1.83. The Balaban J connectivity index is 1.87. The third kappa shape index (κ3) is 6.02. The van der Waals surface area contributed by atoms with Crippen LogP contribution in [0, 0.1) is 0 Å². The van der Waals surface area contributed by atoms with Crippen LogP contribution in [-0.4, -0.2) is 18.4 Å². The van der Waals surface area contributed by atoms with Crippen LogP contribution in [0.4, 0.5) is 4.79 Å². The molecule has 0 heterocycles. The first kappa shape index (κ1) is 19.2. The molecule has 0 bridgehead atoms. The van der Waals surface area contributed by atoms with Crippen LogP contribution >= 0.6 is 11.8 Å². The molecule has 0 aliphatic rings. The zero-order valence-corrected chi connectivity index (χ0v) is 16.0. The number of carbonyl (C=O) groups excluding carboxylic acids is 1. The lowest BCUT2D eigenvalue weighted by Gasteiger charge is -2.16. The summed E-state index contributed by atoms with van der Waals surface area (Å²) in [5, 5.41) is 6.40. The molecule has 0 saturated heterocycles. The minimum atomic E-state index is -0.195. The highest BCUT2D eigenvalue weighted by Gasteiger charge is 2.10. The van der Waals surface area contributed by atoms with E-state index in [2.05, 4.69) is 48.7 Å². The highest BCUT2D eigenvalue weighted by molar-refractivity contribution is 7.99. The molecule has 5 heteroatoms. The van der Waals surface area contributed by atoms with Gasteiger partial charge in [0.2, 0.25) is 0 Å². The first-order chi connectivity index (χ1) is 12.0. The van der Waals surface area contributed by atoms with Gasteiger partial charge in [0.25, 0.3) is 0 Å². The van der Waals surface area contributed by atoms with Gasteiger partial charge in [0, 0.05) is 22.3 Å². The van der Waals surface area contributed by atoms with E-state index in [4.69, 9.17) is 4.74 Å². The molecule has 1 unspecified atom stereocenters. The number of nitrogens with one attached hydrogen (secondary N) is 2. The molecule has 25 heavy (non-hydrogen) atoms. The Morgan fingerprint density at radius 2 is 1.76 bits per heavy atom. The molecule has 0 aromatic heterocycles. The number of hydrogen-bond donors (Lipinski definition) is 2. The molecule has 0 saturated carbocycles. The van der Waals surface area contributed by atoms with Crippen LogP contribution in [-0.2, 0) is 6.54 Å². The summed E-state index contributed by atoms with van der Waals surface area (Å²) in [6.07, 6.45) is 0. The number of rotatable bonds is 7. The van der Waals surface area contributed by atoms with Gasteiger partial charge in [0.1, 0.15) is 5.75 Å². The number of urea groups is 1. The number of amides is 2. The second-order valence-corrected chi connectivity index (χ2v) is 7.75. The molecular formula is C20H26N2O2S. The minimum absolute atomic E-state index is 0.0595. The molecule has 4 nitrogen and oxygen atoms in total. The van der Waals surface area contributed by atoms with Crippen LogP contribution in [0.1, 0.15) is 37.9 Å². The summed E-state index contributed by atoms with van der Waals surface area (Å²) in [6, 6.07) is 15.7. The van der Waals surface area contributed by atoms with Crippen LogP contribution in [0.25, 0.3) is 0 Å². The Labute approximate surface area is 154 Å². The van der Waals surface area contributed by atoms with Crippen molar-refractivity contribution in [1.29, 1.82) is 0 Å². The summed E-state index contributed by atoms with van der Waals surface area (Å²) in [5.41, 5.74) is 2.03. The SMILES string of the molecule is COc1ccccc1CNC(=O)NC(C)c1ccc(SC(C)C)cc1. The van der Waals surface area contributed by atoms with E-state index >= 15 is 0 Å². The maximum atomic E-state index is 12.1. The Morgan fingerprint density at radius 1 is 1.08 bits per heavy atom. The largest absolute Gasteiger partial charge is 0.496 e. The van der Waals surface area contributed by atoms with E-state index in [0.29, 0.717) is 11.8 Å². The van der Waals surface area contributed by atoms with Crippen molar-refractivity contribution in [3.8, 4) is 5.75 Å². The van der Waals surface area contributed by atoms with E-state index in [1.807, 2.05) is 43.0 Å². The van der Waals surface area contributed by atoms with Crippen LogP contribution in [0.3, 0.4) is 0 Å². The van der Waals surface area contributed by atoms with Gasteiger partial charge in [-0.25, -0.2) is 4.79 Å². The van der Waals surface area contributed by atoms with E-state index in [-0.39, 0.29) is 12.1 Å². The lowest BCUT2D eigenvalue weighted by Crippen LogP contribution is -2.36. The molecule has 0 aliphatic heterocycles. The smallest absolute Gasteiger partial charge is 0.315 e. The third-order valence-corrected chi connectivity index (χ3v) is 4.75. The molecule has 0 aliphatic carbocycles. The van der Waals surface area contributed by atoms with Crippen LogP contribution in [0.15, 0.2) is 53.4 Å². The number of methoxy groups -OCH3 is 1. The van der Waals surface area contributed by atoms with Crippen LogP contribution in [0.2, 0.25) is 0 Å². The average Bonchev–Trinajstić information content (AvgIpc) is 2.60. The summed E-state index contributed by atoms with van der Waals surface area (Å²) in [5.74, 6) is 0.772. The van der Waals surface area contributed by atoms with Gasteiger partial charge in [-0.05, 0) is 30.7 Å². The fourth-order valence-corrected chi connectivity index (χ4v) is 3.30. The summed E-state index contributed by atoms with van der Waals surface area (Å²) in [6.45, 7) is 6.75. The van der Waals surface area contributed by atoms with Gasteiger partial charge in [-0.3, -0.25) is 0 Å².